The van der Waals surface area contributed by atoms with Gasteiger partial charge in [-0.15, -0.1) is 0 Å². The first-order chi connectivity index (χ1) is 33.2. The SMILES string of the molecule is Cc1cc2c3c(c1)N(c1ccc(-c4ccccc4)cc1C)c1cc4oc5cc6c(cc5c4cc1B3N(c1ccc3c(c1)C(C)(C)c1ccccc1-3)c1cc3ccccc3cc1-2)C(C)(C)CCC6(C)C. The number of hydrogen-bond acceptors (Lipinski definition) is 3. The van der Waals surface area contributed by atoms with Crippen LogP contribution < -0.4 is 20.6 Å². The van der Waals surface area contributed by atoms with E-state index in [1.54, 1.807) is 0 Å². The van der Waals surface area contributed by atoms with Gasteiger partial charge in [0.2, 0.25) is 0 Å². The molecule has 4 heteroatoms. The number of nitrogens with zero attached hydrogens (tertiary/aromatic N) is 2. The zero-order valence-corrected chi connectivity index (χ0v) is 40.9. The van der Waals surface area contributed by atoms with Crippen LogP contribution in [0.5, 0.6) is 0 Å². The second-order valence-corrected chi connectivity index (χ2v) is 22.5. The number of aryl methyl sites for hydroxylation is 2. The Bertz CT molecular complexity index is 3870. The van der Waals surface area contributed by atoms with Crippen molar-refractivity contribution >= 4 is 78.9 Å². The first-order valence-electron chi connectivity index (χ1n) is 25.0. The van der Waals surface area contributed by atoms with Gasteiger partial charge >= 0.3 is 6.85 Å². The van der Waals surface area contributed by atoms with E-state index in [-0.39, 0.29) is 23.1 Å². The molecule has 0 fully saturated rings. The number of hydrogen-bond donors (Lipinski definition) is 0. The monoisotopic (exact) mass is 890 g/mol. The average molecular weight is 891 g/mol. The summed E-state index contributed by atoms with van der Waals surface area (Å²) in [6.45, 7) is 18.9. The quantitative estimate of drug-likeness (QED) is 0.165. The molecule has 1 aromatic heterocycles. The summed E-state index contributed by atoms with van der Waals surface area (Å²) < 4.78 is 7.14. The second-order valence-electron chi connectivity index (χ2n) is 22.5. The predicted molar refractivity (Wildman–Crippen MR) is 293 cm³/mol. The number of rotatable bonds is 3. The summed E-state index contributed by atoms with van der Waals surface area (Å²) in [4.78, 5) is 5.27. The fraction of sp³-hybridized carbons (Fsp3) is 0.200. The maximum atomic E-state index is 7.14. The van der Waals surface area contributed by atoms with Crippen LogP contribution >= 0.6 is 0 Å². The lowest BCUT2D eigenvalue weighted by atomic mass is 9.43. The van der Waals surface area contributed by atoms with Gasteiger partial charge in [0.05, 0.1) is 0 Å². The van der Waals surface area contributed by atoms with E-state index >= 15 is 0 Å². The highest BCUT2D eigenvalue weighted by molar-refractivity contribution is 6.93. The van der Waals surface area contributed by atoms with Gasteiger partial charge < -0.3 is 14.1 Å². The molecule has 0 spiro atoms. The van der Waals surface area contributed by atoms with Crippen molar-refractivity contribution in [3.8, 4) is 33.4 Å². The minimum atomic E-state index is -0.155. The fourth-order valence-corrected chi connectivity index (χ4v) is 13.2. The average Bonchev–Trinajstić information content (AvgIpc) is 3.81. The van der Waals surface area contributed by atoms with Crippen LogP contribution in [-0.4, -0.2) is 6.85 Å². The summed E-state index contributed by atoms with van der Waals surface area (Å²) in [6.07, 6.45) is 2.32. The van der Waals surface area contributed by atoms with E-state index in [9.17, 15) is 0 Å². The van der Waals surface area contributed by atoms with Gasteiger partial charge in [0.15, 0.2) is 0 Å². The van der Waals surface area contributed by atoms with Gasteiger partial charge in [0.1, 0.15) is 11.2 Å². The Hall–Kier alpha value is -7.30. The topological polar surface area (TPSA) is 19.6 Å². The summed E-state index contributed by atoms with van der Waals surface area (Å²) >= 11 is 0. The van der Waals surface area contributed by atoms with Crippen molar-refractivity contribution in [1.29, 1.82) is 0 Å². The Kier molecular flexibility index (Phi) is 8.22. The lowest BCUT2D eigenvalue weighted by molar-refractivity contribution is 0.332. The molecule has 0 unspecified atom stereocenters. The van der Waals surface area contributed by atoms with Gasteiger partial charge in [0.25, 0.3) is 0 Å². The van der Waals surface area contributed by atoms with E-state index in [1.165, 1.54) is 122 Å². The van der Waals surface area contributed by atoms with Gasteiger partial charge in [-0.1, -0.05) is 145 Å². The van der Waals surface area contributed by atoms with Crippen LogP contribution in [0.1, 0.15) is 87.8 Å². The van der Waals surface area contributed by atoms with Crippen LogP contribution in [0.3, 0.4) is 0 Å². The zero-order valence-electron chi connectivity index (χ0n) is 40.9. The molecule has 9 aromatic carbocycles. The number of fused-ring (bicyclic) bond motifs is 12. The zero-order chi connectivity index (χ0) is 46.9. The fourth-order valence-electron chi connectivity index (χ4n) is 13.2. The minimum Gasteiger partial charge on any atom is -0.456 e. The smallest absolute Gasteiger partial charge is 0.333 e. The molecule has 0 atom stereocenters. The van der Waals surface area contributed by atoms with Crippen molar-refractivity contribution in [1.82, 2.24) is 0 Å². The van der Waals surface area contributed by atoms with Crippen LogP contribution in [0.4, 0.5) is 28.4 Å². The normalized spacial score (nSPS) is 16.6. The molecule has 334 valence electrons. The molecular formula is C65H55BN2O. The number of furan rings is 1. The van der Waals surface area contributed by atoms with E-state index < -0.39 is 0 Å². The molecule has 0 saturated heterocycles. The molecule has 69 heavy (non-hydrogen) atoms. The molecule has 0 N–H and O–H groups in total. The van der Waals surface area contributed by atoms with Gasteiger partial charge in [-0.3, -0.25) is 0 Å². The second kappa shape index (κ2) is 13.9. The van der Waals surface area contributed by atoms with Crippen LogP contribution in [0.25, 0.3) is 66.1 Å². The molecule has 14 rings (SSSR count). The Morgan fingerprint density at radius 3 is 1.93 bits per heavy atom. The molecular weight excluding hydrogens is 836 g/mol. The van der Waals surface area contributed by atoms with E-state index in [0.29, 0.717) is 0 Å². The minimum absolute atomic E-state index is 0.0659. The maximum Gasteiger partial charge on any atom is 0.333 e. The van der Waals surface area contributed by atoms with E-state index in [4.69, 9.17) is 4.42 Å². The Labute approximate surface area is 406 Å². The number of benzene rings is 9. The molecule has 3 heterocycles. The third-order valence-electron chi connectivity index (χ3n) is 17.0. The van der Waals surface area contributed by atoms with E-state index in [0.717, 1.165) is 29.7 Å². The molecule has 0 bridgehead atoms. The molecule has 2 aliphatic carbocycles. The lowest BCUT2D eigenvalue weighted by Crippen LogP contribution is -2.61. The van der Waals surface area contributed by atoms with Crippen LogP contribution in [0.15, 0.2) is 168 Å². The highest BCUT2D eigenvalue weighted by Gasteiger charge is 2.47. The molecule has 0 amide bonds. The summed E-state index contributed by atoms with van der Waals surface area (Å²) in [5.74, 6) is 0. The Morgan fingerprint density at radius 1 is 0.464 bits per heavy atom. The van der Waals surface area contributed by atoms with Crippen LogP contribution in [0.2, 0.25) is 0 Å². The van der Waals surface area contributed by atoms with Crippen molar-refractivity contribution in [2.45, 2.75) is 84.5 Å². The Balaban J connectivity index is 1.09. The standard InChI is InChI=1S/C65H55BN2O/c1-38-28-50-47-31-41-18-12-13-19-42(41)32-57(47)68(44-23-24-46-45-20-14-15-21-51(45)65(7,8)52(46)33-44)66-55-35-49-48-34-53-54(64(5,6)27-26-63(53,3)4)36-60(48)69-61(49)37-58(55)67(59(29-38)62(50)66)56-25-22-43(30-39(56)2)40-16-10-9-11-17-40/h9-25,28-37H,26-27H2,1-8H3. The first-order valence-corrected chi connectivity index (χ1v) is 25.0. The third-order valence-corrected chi connectivity index (χ3v) is 17.0. The van der Waals surface area contributed by atoms with Crippen LogP contribution in [-0.2, 0) is 16.2 Å². The van der Waals surface area contributed by atoms with Crippen molar-refractivity contribution in [3.05, 3.63) is 197 Å². The summed E-state index contributed by atoms with van der Waals surface area (Å²) in [7, 11) is 0. The first kappa shape index (κ1) is 40.7. The summed E-state index contributed by atoms with van der Waals surface area (Å²) in [6, 6.07) is 62.6. The van der Waals surface area contributed by atoms with Crippen LogP contribution in [0, 0.1) is 13.8 Å². The van der Waals surface area contributed by atoms with Gasteiger partial charge in [0, 0.05) is 56.3 Å². The van der Waals surface area contributed by atoms with Crippen molar-refractivity contribution in [2.24, 2.45) is 0 Å². The Morgan fingerprint density at radius 2 is 1.14 bits per heavy atom. The van der Waals surface area contributed by atoms with Gasteiger partial charge in [-0.2, -0.15) is 0 Å². The third kappa shape index (κ3) is 5.69. The van der Waals surface area contributed by atoms with E-state index in [1.807, 2.05) is 0 Å². The highest BCUT2D eigenvalue weighted by Crippen LogP contribution is 2.54. The maximum absolute atomic E-state index is 7.14. The molecule has 2 aliphatic heterocycles. The molecule has 0 saturated carbocycles. The van der Waals surface area contributed by atoms with Gasteiger partial charge in [-0.05, 0) is 175 Å². The van der Waals surface area contributed by atoms with Crippen molar-refractivity contribution in [2.75, 3.05) is 9.71 Å². The van der Waals surface area contributed by atoms with Crippen molar-refractivity contribution < 1.29 is 4.42 Å². The van der Waals surface area contributed by atoms with Crippen molar-refractivity contribution in [3.63, 3.8) is 0 Å². The van der Waals surface area contributed by atoms with Gasteiger partial charge in [-0.25, -0.2) is 0 Å². The highest BCUT2D eigenvalue weighted by atomic mass is 16.3. The largest absolute Gasteiger partial charge is 0.456 e. The summed E-state index contributed by atoms with van der Waals surface area (Å²) in [5.41, 5.74) is 26.2. The molecule has 3 nitrogen and oxygen atoms in total. The molecule has 0 radical (unpaired) electrons. The summed E-state index contributed by atoms with van der Waals surface area (Å²) in [5, 5.41) is 4.86. The predicted octanol–water partition coefficient (Wildman–Crippen LogP) is 16.4. The number of anilines is 5. The molecule has 4 aliphatic rings. The lowest BCUT2D eigenvalue weighted by Gasteiger charge is -2.46. The van der Waals surface area contributed by atoms with E-state index in [2.05, 4.69) is 229 Å². The molecule has 10 aromatic rings.